The molecule has 9 heteroatoms. The first-order valence-corrected chi connectivity index (χ1v) is 5.56. The molecule has 1 atom stereocenters. The maximum absolute atomic E-state index is 13.9. The number of oxazole rings is 1. The lowest BCUT2D eigenvalue weighted by atomic mass is 10.3. The topological polar surface area (TPSA) is 105 Å². The summed E-state index contributed by atoms with van der Waals surface area (Å²) >= 11 is 0. The molecule has 1 heterocycles. The Balaban J connectivity index is 2.59. The van der Waals surface area contributed by atoms with Crippen molar-refractivity contribution < 1.29 is 23.3 Å². The molecule has 20 heavy (non-hydrogen) atoms. The Kier molecular flexibility index (Phi) is 3.51. The van der Waals surface area contributed by atoms with Crippen LogP contribution in [0.4, 0.5) is 10.1 Å². The van der Waals surface area contributed by atoms with Crippen molar-refractivity contribution in [1.82, 2.24) is 4.57 Å². The highest BCUT2D eigenvalue weighted by Crippen LogP contribution is 2.23. The molecule has 0 N–H and O–H groups in total. The number of carbonyl (C=O) groups is 1. The van der Waals surface area contributed by atoms with Crippen LogP contribution in [0.15, 0.2) is 27.4 Å². The lowest BCUT2D eigenvalue weighted by Gasteiger charge is -2.07. The van der Waals surface area contributed by atoms with Crippen LogP contribution in [0.25, 0.3) is 11.1 Å². The first kappa shape index (κ1) is 13.7. The lowest BCUT2D eigenvalue weighted by Crippen LogP contribution is -2.25. The highest BCUT2D eigenvalue weighted by atomic mass is 19.1. The summed E-state index contributed by atoms with van der Waals surface area (Å²) in [6, 6.07) is 3.21. The molecule has 0 radical (unpaired) electrons. The minimum Gasteiger partial charge on any atom is -0.462 e. The summed E-state index contributed by atoms with van der Waals surface area (Å²) in [5.41, 5.74) is -0.611. The Hall–Kier alpha value is -2.71. The molecule has 0 fully saturated rings. The number of ether oxygens (including phenoxy) is 1. The number of hydrogen-bond acceptors (Lipinski definition) is 6. The number of rotatable bonds is 4. The molecular formula is C11H9FN2O6. The van der Waals surface area contributed by atoms with E-state index in [1.54, 1.807) is 0 Å². The van der Waals surface area contributed by atoms with Crippen molar-refractivity contribution in [2.45, 2.75) is 13.2 Å². The monoisotopic (exact) mass is 284 g/mol. The number of nitro benzene ring substituents is 1. The Bertz CT molecular complexity index is 734. The molecule has 2 rings (SSSR count). The number of carbonyl (C=O) groups excluding carboxylic acids is 1. The number of hydrogen-bond donors (Lipinski definition) is 0. The fraction of sp³-hybridized carbons (Fsp3) is 0.273. The summed E-state index contributed by atoms with van der Waals surface area (Å²) in [4.78, 5) is 32.8. The average molecular weight is 284 g/mol. The number of halogens is 1. The largest absolute Gasteiger partial charge is 0.462 e. The molecule has 0 saturated carbocycles. The molecule has 106 valence electrons. The zero-order valence-corrected chi connectivity index (χ0v) is 10.2. The van der Waals surface area contributed by atoms with E-state index in [-0.39, 0.29) is 23.4 Å². The van der Waals surface area contributed by atoms with Crippen molar-refractivity contribution in [1.29, 1.82) is 0 Å². The van der Waals surface area contributed by atoms with Crippen LogP contribution in [0.2, 0.25) is 0 Å². The highest BCUT2D eigenvalue weighted by Gasteiger charge is 2.27. The van der Waals surface area contributed by atoms with Gasteiger partial charge < -0.3 is 9.15 Å². The predicted octanol–water partition coefficient (Wildman–Crippen LogP) is 1.53. The van der Waals surface area contributed by atoms with E-state index in [1.807, 2.05) is 0 Å². The molecule has 0 bridgehead atoms. The maximum Gasteiger partial charge on any atom is 0.422 e. The van der Waals surface area contributed by atoms with Gasteiger partial charge in [-0.2, -0.15) is 0 Å². The van der Waals surface area contributed by atoms with Gasteiger partial charge in [0.2, 0.25) is 0 Å². The van der Waals surface area contributed by atoms with Crippen LogP contribution in [0.1, 0.15) is 13.2 Å². The van der Waals surface area contributed by atoms with Crippen molar-refractivity contribution >= 4 is 22.8 Å². The standard InChI is InChI=1S/C11H9FN2O6/c1-2-19-10(15)9(12)13-7-5-6(14(17)18)3-4-8(7)20-11(13)16/h3-5,9H,2H2,1H3. The smallest absolute Gasteiger partial charge is 0.422 e. The fourth-order valence-electron chi connectivity index (χ4n) is 1.67. The van der Waals surface area contributed by atoms with Gasteiger partial charge in [-0.1, -0.05) is 0 Å². The van der Waals surface area contributed by atoms with Gasteiger partial charge in [0.1, 0.15) is 5.52 Å². The number of nitro groups is 1. The number of aromatic nitrogens is 1. The van der Waals surface area contributed by atoms with E-state index in [1.165, 1.54) is 6.92 Å². The number of esters is 1. The molecule has 1 aromatic heterocycles. The fourth-order valence-corrected chi connectivity index (χ4v) is 1.67. The summed E-state index contributed by atoms with van der Waals surface area (Å²) < 4.78 is 23.5. The average Bonchev–Trinajstić information content (AvgIpc) is 2.72. The predicted molar refractivity (Wildman–Crippen MR) is 63.9 cm³/mol. The van der Waals surface area contributed by atoms with Crippen molar-refractivity contribution in [3.63, 3.8) is 0 Å². The number of non-ortho nitro benzene ring substituents is 1. The summed E-state index contributed by atoms with van der Waals surface area (Å²) in [5, 5.41) is 10.7. The van der Waals surface area contributed by atoms with E-state index in [4.69, 9.17) is 4.42 Å². The van der Waals surface area contributed by atoms with Gasteiger partial charge in [-0.25, -0.2) is 18.5 Å². The van der Waals surface area contributed by atoms with Crippen LogP contribution < -0.4 is 5.76 Å². The van der Waals surface area contributed by atoms with Gasteiger partial charge in [-0.05, 0) is 13.0 Å². The molecule has 2 aromatic rings. The number of nitrogens with zero attached hydrogens (tertiary/aromatic N) is 2. The molecule has 1 aromatic carbocycles. The van der Waals surface area contributed by atoms with E-state index in [2.05, 4.69) is 4.74 Å². The van der Waals surface area contributed by atoms with Gasteiger partial charge in [0.25, 0.3) is 12.0 Å². The minimum absolute atomic E-state index is 0.0625. The van der Waals surface area contributed by atoms with Gasteiger partial charge in [0, 0.05) is 12.1 Å². The zero-order valence-electron chi connectivity index (χ0n) is 10.2. The van der Waals surface area contributed by atoms with Crippen molar-refractivity contribution in [2.75, 3.05) is 6.61 Å². The third-order valence-electron chi connectivity index (χ3n) is 2.51. The Morgan fingerprint density at radius 3 is 2.90 bits per heavy atom. The van der Waals surface area contributed by atoms with Gasteiger partial charge in [-0.15, -0.1) is 0 Å². The van der Waals surface area contributed by atoms with Gasteiger partial charge in [-0.3, -0.25) is 10.1 Å². The van der Waals surface area contributed by atoms with Crippen LogP contribution in [0.3, 0.4) is 0 Å². The molecule has 0 spiro atoms. The van der Waals surface area contributed by atoms with Gasteiger partial charge in [0.15, 0.2) is 5.58 Å². The normalized spacial score (nSPS) is 12.3. The number of fused-ring (bicyclic) bond motifs is 1. The Morgan fingerprint density at radius 1 is 1.60 bits per heavy atom. The first-order chi connectivity index (χ1) is 9.45. The van der Waals surface area contributed by atoms with E-state index in [0.29, 0.717) is 4.57 Å². The van der Waals surface area contributed by atoms with Gasteiger partial charge in [0.05, 0.1) is 11.5 Å². The molecule has 1 unspecified atom stereocenters. The maximum atomic E-state index is 13.9. The van der Waals surface area contributed by atoms with E-state index in [9.17, 15) is 24.1 Å². The van der Waals surface area contributed by atoms with Crippen molar-refractivity contribution in [3.8, 4) is 0 Å². The SMILES string of the molecule is CCOC(=O)C(F)n1c(=O)oc2ccc([N+](=O)[O-])cc21. The van der Waals surface area contributed by atoms with E-state index in [0.717, 1.165) is 18.2 Å². The molecule has 8 nitrogen and oxygen atoms in total. The molecule has 0 aliphatic rings. The van der Waals surface area contributed by atoms with Crippen LogP contribution >= 0.6 is 0 Å². The third-order valence-corrected chi connectivity index (χ3v) is 2.51. The van der Waals surface area contributed by atoms with Crippen molar-refractivity contribution in [3.05, 3.63) is 38.9 Å². The molecule has 0 aliphatic heterocycles. The van der Waals surface area contributed by atoms with Crippen LogP contribution in [-0.4, -0.2) is 22.1 Å². The molecule has 0 aliphatic carbocycles. The van der Waals surface area contributed by atoms with Crippen LogP contribution in [0.5, 0.6) is 0 Å². The highest BCUT2D eigenvalue weighted by molar-refractivity contribution is 5.80. The number of benzene rings is 1. The Labute approximate surface area is 110 Å². The number of alkyl halides is 1. The lowest BCUT2D eigenvalue weighted by molar-refractivity contribution is -0.384. The van der Waals surface area contributed by atoms with E-state index < -0.39 is 22.9 Å². The minimum atomic E-state index is -2.43. The van der Waals surface area contributed by atoms with E-state index >= 15 is 0 Å². The van der Waals surface area contributed by atoms with Crippen LogP contribution in [-0.2, 0) is 9.53 Å². The summed E-state index contributed by atoms with van der Waals surface area (Å²) in [5.74, 6) is -2.41. The molecule has 0 amide bonds. The summed E-state index contributed by atoms with van der Waals surface area (Å²) in [6.07, 6.45) is -2.43. The third kappa shape index (κ3) is 2.25. The second-order valence-corrected chi connectivity index (χ2v) is 3.73. The van der Waals surface area contributed by atoms with Crippen molar-refractivity contribution in [2.24, 2.45) is 0 Å². The molecular weight excluding hydrogens is 275 g/mol. The van der Waals surface area contributed by atoms with Gasteiger partial charge >= 0.3 is 11.7 Å². The summed E-state index contributed by atoms with van der Waals surface area (Å²) in [7, 11) is 0. The first-order valence-electron chi connectivity index (χ1n) is 5.56. The second-order valence-electron chi connectivity index (χ2n) is 3.73. The quantitative estimate of drug-likeness (QED) is 0.479. The van der Waals surface area contributed by atoms with Crippen LogP contribution in [0, 0.1) is 10.1 Å². The summed E-state index contributed by atoms with van der Waals surface area (Å²) in [6.45, 7) is 1.41. The Morgan fingerprint density at radius 2 is 2.30 bits per heavy atom. The second kappa shape index (κ2) is 5.11. The zero-order chi connectivity index (χ0) is 14.9. The molecule has 0 saturated heterocycles.